The van der Waals surface area contributed by atoms with Crippen LogP contribution in [-0.4, -0.2) is 48.0 Å². The molecular formula is C20H21Cl2NO5. The fraction of sp³-hybridized carbons (Fsp3) is 0.300. The summed E-state index contributed by atoms with van der Waals surface area (Å²) in [7, 11) is 1.39. The van der Waals surface area contributed by atoms with Crippen LogP contribution >= 0.6 is 23.2 Å². The highest BCUT2D eigenvalue weighted by molar-refractivity contribution is 6.35. The Kier molecular flexibility index (Phi) is 8.26. The van der Waals surface area contributed by atoms with Crippen molar-refractivity contribution in [1.29, 1.82) is 0 Å². The molecule has 150 valence electrons. The normalized spacial score (nSPS) is 13.0. The molecule has 0 heterocycles. The van der Waals surface area contributed by atoms with E-state index in [-0.39, 0.29) is 18.9 Å². The summed E-state index contributed by atoms with van der Waals surface area (Å²) in [6.45, 7) is -0.145. The maximum absolute atomic E-state index is 11.8. The van der Waals surface area contributed by atoms with Gasteiger partial charge in [0.25, 0.3) is 0 Å². The van der Waals surface area contributed by atoms with Gasteiger partial charge in [-0.15, -0.1) is 0 Å². The van der Waals surface area contributed by atoms with E-state index in [1.807, 2.05) is 24.3 Å². The lowest BCUT2D eigenvalue weighted by molar-refractivity contribution is -0.147. The van der Waals surface area contributed by atoms with Crippen LogP contribution in [0.2, 0.25) is 10.0 Å². The Labute approximate surface area is 173 Å². The molecule has 2 aromatic rings. The third kappa shape index (κ3) is 6.80. The molecule has 2 rings (SSSR count). The molecule has 0 aliphatic heterocycles. The van der Waals surface area contributed by atoms with E-state index < -0.39 is 18.1 Å². The Bertz CT molecular complexity index is 806. The van der Waals surface area contributed by atoms with Gasteiger partial charge in [0, 0.05) is 29.6 Å². The minimum Gasteiger partial charge on any atom is -0.479 e. The highest BCUT2D eigenvalue weighted by atomic mass is 35.5. The van der Waals surface area contributed by atoms with Gasteiger partial charge in [0.15, 0.2) is 6.10 Å². The summed E-state index contributed by atoms with van der Waals surface area (Å²) in [4.78, 5) is 22.8. The number of ether oxygens (including phenoxy) is 1. The van der Waals surface area contributed by atoms with Crippen LogP contribution in [0, 0.1) is 0 Å². The van der Waals surface area contributed by atoms with Gasteiger partial charge >= 0.3 is 5.97 Å². The standard InChI is InChI=1S/C20H21Cl2NO5/c1-28-11-19(25)23-17(10-18(24)20(26)27)6-12-2-4-13(5-3-12)14-7-15(21)9-16(22)8-14/h2-5,7-9,17-18,24H,6,10-11H2,1H3,(H,23,25)(H,26,27). The molecule has 1 amide bonds. The fourth-order valence-corrected chi connectivity index (χ4v) is 3.33. The molecule has 0 aromatic heterocycles. The van der Waals surface area contributed by atoms with E-state index in [0.29, 0.717) is 16.5 Å². The molecule has 28 heavy (non-hydrogen) atoms. The first kappa shape index (κ1) is 22.2. The molecule has 6 nitrogen and oxygen atoms in total. The van der Waals surface area contributed by atoms with Crippen LogP contribution in [0.15, 0.2) is 42.5 Å². The maximum atomic E-state index is 11.8. The van der Waals surface area contributed by atoms with Gasteiger partial charge < -0.3 is 20.3 Å². The molecule has 0 saturated carbocycles. The Balaban J connectivity index is 2.14. The molecule has 0 aliphatic rings. The number of benzene rings is 2. The van der Waals surface area contributed by atoms with Crippen molar-refractivity contribution in [3.05, 3.63) is 58.1 Å². The van der Waals surface area contributed by atoms with Crippen LogP contribution in [0.1, 0.15) is 12.0 Å². The fourth-order valence-electron chi connectivity index (χ4n) is 2.80. The lowest BCUT2D eigenvalue weighted by Crippen LogP contribution is -2.42. The molecule has 0 fully saturated rings. The molecule has 8 heteroatoms. The molecule has 0 bridgehead atoms. The Hall–Kier alpha value is -2.12. The number of hydrogen-bond acceptors (Lipinski definition) is 4. The lowest BCUT2D eigenvalue weighted by atomic mass is 9.98. The topological polar surface area (TPSA) is 95.9 Å². The quantitative estimate of drug-likeness (QED) is 0.573. The summed E-state index contributed by atoms with van der Waals surface area (Å²) in [5, 5.41) is 22.4. The molecule has 2 atom stereocenters. The summed E-state index contributed by atoms with van der Waals surface area (Å²) < 4.78 is 4.78. The number of amides is 1. The summed E-state index contributed by atoms with van der Waals surface area (Å²) in [5.74, 6) is -1.71. The Morgan fingerprint density at radius 2 is 1.68 bits per heavy atom. The van der Waals surface area contributed by atoms with Gasteiger partial charge in [0.1, 0.15) is 6.61 Å². The largest absolute Gasteiger partial charge is 0.479 e. The van der Waals surface area contributed by atoms with Crippen molar-refractivity contribution in [2.45, 2.75) is 25.0 Å². The molecule has 3 N–H and O–H groups in total. The minimum atomic E-state index is -1.57. The molecule has 0 radical (unpaired) electrons. The number of carboxylic acid groups (broad SMARTS) is 1. The summed E-state index contributed by atoms with van der Waals surface area (Å²) >= 11 is 12.1. The lowest BCUT2D eigenvalue weighted by Gasteiger charge is -2.20. The second-order valence-electron chi connectivity index (χ2n) is 6.35. The summed E-state index contributed by atoms with van der Waals surface area (Å²) in [6, 6.07) is 12.2. The molecule has 2 unspecified atom stereocenters. The van der Waals surface area contributed by atoms with E-state index in [9.17, 15) is 14.7 Å². The zero-order valence-corrected chi connectivity index (χ0v) is 16.7. The second-order valence-corrected chi connectivity index (χ2v) is 7.22. The highest BCUT2D eigenvalue weighted by Crippen LogP contribution is 2.27. The number of rotatable bonds is 9. The minimum absolute atomic E-state index is 0.115. The summed E-state index contributed by atoms with van der Waals surface area (Å²) in [5.41, 5.74) is 2.66. The van der Waals surface area contributed by atoms with E-state index in [1.54, 1.807) is 18.2 Å². The number of aliphatic carboxylic acids is 1. The number of halogens is 2. The zero-order chi connectivity index (χ0) is 20.7. The molecule has 0 saturated heterocycles. The predicted molar refractivity (Wildman–Crippen MR) is 108 cm³/mol. The van der Waals surface area contributed by atoms with Crippen molar-refractivity contribution >= 4 is 35.1 Å². The molecule has 0 aliphatic carbocycles. The SMILES string of the molecule is COCC(=O)NC(Cc1ccc(-c2cc(Cl)cc(Cl)c2)cc1)CC(O)C(=O)O. The Morgan fingerprint density at radius 3 is 2.21 bits per heavy atom. The van der Waals surface area contributed by atoms with Crippen molar-refractivity contribution in [3.8, 4) is 11.1 Å². The molecular weight excluding hydrogens is 405 g/mol. The van der Waals surface area contributed by atoms with E-state index >= 15 is 0 Å². The van der Waals surface area contributed by atoms with Crippen molar-refractivity contribution in [2.24, 2.45) is 0 Å². The van der Waals surface area contributed by atoms with E-state index in [4.69, 9.17) is 33.0 Å². The third-order valence-corrected chi connectivity index (χ3v) is 4.50. The van der Waals surface area contributed by atoms with Gasteiger partial charge in [-0.1, -0.05) is 47.5 Å². The van der Waals surface area contributed by atoms with Crippen LogP contribution < -0.4 is 5.32 Å². The van der Waals surface area contributed by atoms with E-state index in [0.717, 1.165) is 16.7 Å². The molecule has 0 spiro atoms. The first-order valence-corrected chi connectivity index (χ1v) is 9.28. The number of carboxylic acids is 1. The van der Waals surface area contributed by atoms with Crippen molar-refractivity contribution in [3.63, 3.8) is 0 Å². The second kappa shape index (κ2) is 10.4. The van der Waals surface area contributed by atoms with E-state index in [2.05, 4.69) is 5.32 Å². The highest BCUT2D eigenvalue weighted by Gasteiger charge is 2.22. The van der Waals surface area contributed by atoms with Gasteiger partial charge in [-0.25, -0.2) is 4.79 Å². The molecule has 2 aromatic carbocycles. The van der Waals surface area contributed by atoms with Crippen molar-refractivity contribution < 1.29 is 24.5 Å². The van der Waals surface area contributed by atoms with Crippen molar-refractivity contribution in [1.82, 2.24) is 5.32 Å². The predicted octanol–water partition coefficient (Wildman–Crippen LogP) is 3.17. The van der Waals surface area contributed by atoms with Gasteiger partial charge in [-0.05, 0) is 41.3 Å². The van der Waals surface area contributed by atoms with Crippen LogP contribution in [-0.2, 0) is 20.7 Å². The Morgan fingerprint density at radius 1 is 1.07 bits per heavy atom. The number of hydrogen-bond donors (Lipinski definition) is 3. The zero-order valence-electron chi connectivity index (χ0n) is 15.2. The first-order chi connectivity index (χ1) is 13.3. The average molecular weight is 426 g/mol. The monoisotopic (exact) mass is 425 g/mol. The number of aliphatic hydroxyl groups excluding tert-OH is 1. The van der Waals surface area contributed by atoms with Crippen LogP contribution in [0.3, 0.4) is 0 Å². The average Bonchev–Trinajstić information content (AvgIpc) is 2.61. The van der Waals surface area contributed by atoms with Crippen LogP contribution in [0.25, 0.3) is 11.1 Å². The number of carbonyl (C=O) groups is 2. The third-order valence-electron chi connectivity index (χ3n) is 4.07. The van der Waals surface area contributed by atoms with Crippen LogP contribution in [0.4, 0.5) is 0 Å². The summed E-state index contributed by atoms with van der Waals surface area (Å²) in [6.07, 6.45) is -1.33. The van der Waals surface area contributed by atoms with Gasteiger partial charge in [-0.3, -0.25) is 4.79 Å². The van der Waals surface area contributed by atoms with Gasteiger partial charge in [0.2, 0.25) is 5.91 Å². The first-order valence-electron chi connectivity index (χ1n) is 8.53. The number of nitrogens with one attached hydrogen (secondary N) is 1. The number of aliphatic hydroxyl groups is 1. The number of methoxy groups -OCH3 is 1. The smallest absolute Gasteiger partial charge is 0.332 e. The maximum Gasteiger partial charge on any atom is 0.332 e. The van der Waals surface area contributed by atoms with Gasteiger partial charge in [0.05, 0.1) is 0 Å². The van der Waals surface area contributed by atoms with Crippen molar-refractivity contribution in [2.75, 3.05) is 13.7 Å². The van der Waals surface area contributed by atoms with Gasteiger partial charge in [-0.2, -0.15) is 0 Å². The van der Waals surface area contributed by atoms with Crippen LogP contribution in [0.5, 0.6) is 0 Å². The van der Waals surface area contributed by atoms with E-state index in [1.165, 1.54) is 7.11 Å². The number of carbonyl (C=O) groups excluding carboxylic acids is 1.